The molecule has 2 aromatic carbocycles. The van der Waals surface area contributed by atoms with E-state index in [1.165, 1.54) is 42.8 Å². The van der Waals surface area contributed by atoms with E-state index in [0.717, 1.165) is 10.2 Å². The Morgan fingerprint density at radius 2 is 1.66 bits per heavy atom. The molecule has 0 aliphatic heterocycles. The van der Waals surface area contributed by atoms with Gasteiger partial charge in [0, 0.05) is 12.1 Å². The lowest BCUT2D eigenvalue weighted by Gasteiger charge is -2.20. The van der Waals surface area contributed by atoms with Crippen molar-refractivity contribution in [2.75, 3.05) is 26.1 Å². The third kappa shape index (κ3) is 3.27. The Morgan fingerprint density at radius 3 is 2.34 bits per heavy atom. The van der Waals surface area contributed by atoms with E-state index in [0.29, 0.717) is 22.2 Å². The Bertz CT molecular complexity index is 1150. The zero-order valence-corrected chi connectivity index (χ0v) is 17.4. The standard InChI is InChI=1S/C22H20N2O4S/c1-11-7-14-18(8-12(11)2)29-22(24-14)23-10-13-9-15(25)19-16(27-3)5-6-17(28-4)20(19)21(13)26/h5-9H,10H2,1-4H3,(H,23,24). The molecule has 0 amide bonds. The Hall–Kier alpha value is -3.19. The number of benzene rings is 2. The number of carbonyl (C=O) groups is 2. The molecule has 0 saturated carbocycles. The van der Waals surface area contributed by atoms with Gasteiger partial charge in [-0.25, -0.2) is 4.98 Å². The molecular formula is C22H20N2O4S. The lowest BCUT2D eigenvalue weighted by Crippen LogP contribution is -2.23. The molecule has 7 heteroatoms. The predicted octanol–water partition coefficient (Wildman–Crippen LogP) is 4.35. The largest absolute Gasteiger partial charge is 0.496 e. The molecule has 0 unspecified atom stereocenters. The molecule has 1 aliphatic carbocycles. The van der Waals surface area contributed by atoms with Gasteiger partial charge >= 0.3 is 0 Å². The molecular weight excluding hydrogens is 388 g/mol. The van der Waals surface area contributed by atoms with Gasteiger partial charge in [-0.2, -0.15) is 0 Å². The summed E-state index contributed by atoms with van der Waals surface area (Å²) in [7, 11) is 2.94. The highest BCUT2D eigenvalue weighted by atomic mass is 32.1. The summed E-state index contributed by atoms with van der Waals surface area (Å²) < 4.78 is 11.7. The number of hydrogen-bond acceptors (Lipinski definition) is 7. The number of hydrogen-bond donors (Lipinski definition) is 1. The minimum absolute atomic E-state index is 0.197. The number of aromatic nitrogens is 1. The van der Waals surface area contributed by atoms with Crippen molar-refractivity contribution in [3.05, 3.63) is 58.2 Å². The van der Waals surface area contributed by atoms with Crippen LogP contribution in [0.4, 0.5) is 5.13 Å². The molecule has 1 N–H and O–H groups in total. The van der Waals surface area contributed by atoms with Crippen molar-refractivity contribution in [2.24, 2.45) is 0 Å². The summed E-state index contributed by atoms with van der Waals surface area (Å²) in [5.74, 6) is 0.188. The predicted molar refractivity (Wildman–Crippen MR) is 114 cm³/mol. The fourth-order valence-electron chi connectivity index (χ4n) is 3.39. The van der Waals surface area contributed by atoms with Gasteiger partial charge in [-0.1, -0.05) is 11.3 Å². The van der Waals surface area contributed by atoms with Crippen molar-refractivity contribution < 1.29 is 19.1 Å². The lowest BCUT2D eigenvalue weighted by molar-refractivity contribution is 0.0978. The van der Waals surface area contributed by atoms with Crippen LogP contribution < -0.4 is 14.8 Å². The number of anilines is 1. The maximum absolute atomic E-state index is 13.1. The summed E-state index contributed by atoms with van der Waals surface area (Å²) >= 11 is 1.52. The van der Waals surface area contributed by atoms with Crippen LogP contribution in [0.2, 0.25) is 0 Å². The summed E-state index contributed by atoms with van der Waals surface area (Å²) in [6, 6.07) is 7.42. The van der Waals surface area contributed by atoms with Gasteiger partial charge in [0.15, 0.2) is 16.7 Å². The van der Waals surface area contributed by atoms with Gasteiger partial charge in [0.25, 0.3) is 0 Å². The highest BCUT2D eigenvalue weighted by Crippen LogP contribution is 2.36. The van der Waals surface area contributed by atoms with Crippen LogP contribution in [0.1, 0.15) is 31.8 Å². The Balaban J connectivity index is 1.63. The van der Waals surface area contributed by atoms with E-state index in [-0.39, 0.29) is 29.2 Å². The second-order valence-corrected chi connectivity index (χ2v) is 7.89. The quantitative estimate of drug-likeness (QED) is 0.676. The molecule has 148 valence electrons. The number of rotatable bonds is 5. The monoisotopic (exact) mass is 408 g/mol. The number of nitrogens with zero attached hydrogens (tertiary/aromatic N) is 1. The number of aryl methyl sites for hydroxylation is 2. The van der Waals surface area contributed by atoms with Gasteiger partial charge < -0.3 is 14.8 Å². The second kappa shape index (κ2) is 7.33. The van der Waals surface area contributed by atoms with Gasteiger partial charge in [-0.05, 0) is 55.3 Å². The van der Waals surface area contributed by atoms with E-state index in [1.807, 2.05) is 6.07 Å². The first-order valence-corrected chi connectivity index (χ1v) is 9.90. The van der Waals surface area contributed by atoms with Crippen molar-refractivity contribution >= 4 is 38.3 Å². The van der Waals surface area contributed by atoms with Gasteiger partial charge in [-0.15, -0.1) is 0 Å². The van der Waals surface area contributed by atoms with Crippen LogP contribution in [0.3, 0.4) is 0 Å². The highest BCUT2D eigenvalue weighted by molar-refractivity contribution is 7.22. The number of ether oxygens (including phenoxy) is 2. The molecule has 0 radical (unpaired) electrons. The van der Waals surface area contributed by atoms with Crippen LogP contribution >= 0.6 is 11.3 Å². The molecule has 3 aromatic rings. The van der Waals surface area contributed by atoms with Crippen molar-refractivity contribution in [1.82, 2.24) is 4.98 Å². The van der Waals surface area contributed by atoms with E-state index in [4.69, 9.17) is 9.47 Å². The average Bonchev–Trinajstić information content (AvgIpc) is 3.10. The number of methoxy groups -OCH3 is 2. The van der Waals surface area contributed by atoms with Crippen LogP contribution in [-0.2, 0) is 0 Å². The maximum Gasteiger partial charge on any atom is 0.195 e. The summed E-state index contributed by atoms with van der Waals surface area (Å²) in [4.78, 5) is 30.4. The molecule has 6 nitrogen and oxygen atoms in total. The first-order valence-electron chi connectivity index (χ1n) is 9.09. The number of ketones is 2. The normalized spacial score (nSPS) is 13.3. The topological polar surface area (TPSA) is 77.5 Å². The van der Waals surface area contributed by atoms with E-state index >= 15 is 0 Å². The van der Waals surface area contributed by atoms with Gasteiger partial charge in [-0.3, -0.25) is 9.59 Å². The third-order valence-corrected chi connectivity index (χ3v) is 6.05. The van der Waals surface area contributed by atoms with E-state index < -0.39 is 0 Å². The fraction of sp³-hybridized carbons (Fsp3) is 0.227. The summed E-state index contributed by atoms with van der Waals surface area (Å²) in [6.45, 7) is 4.32. The van der Waals surface area contributed by atoms with Gasteiger partial charge in [0.1, 0.15) is 11.5 Å². The second-order valence-electron chi connectivity index (χ2n) is 6.86. The Morgan fingerprint density at radius 1 is 1.00 bits per heavy atom. The van der Waals surface area contributed by atoms with Crippen LogP contribution in [0.25, 0.3) is 10.2 Å². The maximum atomic E-state index is 13.1. The lowest BCUT2D eigenvalue weighted by atomic mass is 9.88. The fourth-order valence-corrected chi connectivity index (χ4v) is 4.33. The zero-order chi connectivity index (χ0) is 20.7. The van der Waals surface area contributed by atoms with Crippen LogP contribution in [0.5, 0.6) is 11.5 Å². The average molecular weight is 408 g/mol. The zero-order valence-electron chi connectivity index (χ0n) is 16.6. The van der Waals surface area contributed by atoms with Crippen molar-refractivity contribution in [2.45, 2.75) is 13.8 Å². The summed E-state index contributed by atoms with van der Waals surface area (Å²) in [5, 5.41) is 3.89. The Kier molecular flexibility index (Phi) is 4.84. The van der Waals surface area contributed by atoms with E-state index in [1.54, 1.807) is 12.1 Å². The highest BCUT2D eigenvalue weighted by Gasteiger charge is 2.31. The van der Waals surface area contributed by atoms with Gasteiger partial charge in [0.05, 0.1) is 35.6 Å². The molecule has 1 heterocycles. The van der Waals surface area contributed by atoms with Crippen LogP contribution in [0.15, 0.2) is 35.9 Å². The molecule has 0 fully saturated rings. The van der Waals surface area contributed by atoms with E-state index in [9.17, 15) is 9.59 Å². The number of allylic oxidation sites excluding steroid dienone is 1. The number of fused-ring (bicyclic) bond motifs is 2. The SMILES string of the molecule is COc1ccc(OC)c2c1C(=O)C=C(CNc1nc3cc(C)c(C)cc3s1)C2=O. The van der Waals surface area contributed by atoms with Crippen molar-refractivity contribution in [3.8, 4) is 11.5 Å². The number of Topliss-reactive ketones (excluding diaryl/α,β-unsaturated/α-hetero) is 1. The smallest absolute Gasteiger partial charge is 0.195 e. The molecule has 0 saturated heterocycles. The van der Waals surface area contributed by atoms with Crippen molar-refractivity contribution in [1.29, 1.82) is 0 Å². The molecule has 4 rings (SSSR count). The number of carbonyl (C=O) groups excluding carboxylic acids is 2. The molecule has 29 heavy (non-hydrogen) atoms. The molecule has 1 aromatic heterocycles. The first kappa shape index (κ1) is 19.1. The van der Waals surface area contributed by atoms with E-state index in [2.05, 4.69) is 30.2 Å². The van der Waals surface area contributed by atoms with Crippen molar-refractivity contribution in [3.63, 3.8) is 0 Å². The minimum atomic E-state index is -0.275. The summed E-state index contributed by atoms with van der Waals surface area (Å²) in [6.07, 6.45) is 1.36. The first-order chi connectivity index (χ1) is 13.9. The van der Waals surface area contributed by atoms with Gasteiger partial charge in [0.2, 0.25) is 0 Å². The molecule has 0 atom stereocenters. The number of nitrogens with one attached hydrogen (secondary N) is 1. The Labute approximate surface area is 172 Å². The molecule has 1 aliphatic rings. The van der Waals surface area contributed by atoms with Crippen LogP contribution in [0, 0.1) is 13.8 Å². The van der Waals surface area contributed by atoms with Crippen LogP contribution in [-0.4, -0.2) is 37.3 Å². The summed E-state index contributed by atoms with van der Waals surface area (Å²) in [5.41, 5.74) is 4.15. The molecule has 0 bridgehead atoms. The number of thiazole rings is 1. The third-order valence-electron chi connectivity index (χ3n) is 5.07. The molecule has 0 spiro atoms. The minimum Gasteiger partial charge on any atom is -0.496 e.